The highest BCUT2D eigenvalue weighted by Crippen LogP contribution is 2.45. The van der Waals surface area contributed by atoms with E-state index in [1.165, 1.54) is 12.1 Å². The average molecular weight is 219 g/mol. The molecule has 16 heavy (non-hydrogen) atoms. The fraction of sp³-hybridized carbons (Fsp3) is 0.200. The summed E-state index contributed by atoms with van der Waals surface area (Å²) >= 11 is 0. The molecule has 1 heterocycles. The lowest BCUT2D eigenvalue weighted by Gasteiger charge is -2.27. The van der Waals surface area contributed by atoms with E-state index in [0.29, 0.717) is 0 Å². The Morgan fingerprint density at radius 3 is 2.75 bits per heavy atom. The molecule has 0 radical (unpaired) electrons. The Kier molecular flexibility index (Phi) is 1.41. The lowest BCUT2D eigenvalue weighted by Crippen LogP contribution is -2.58. The Hall–Kier alpha value is -1.92. The van der Waals surface area contributed by atoms with Crippen LogP contribution in [0.1, 0.15) is 15.9 Å². The van der Waals surface area contributed by atoms with Crippen LogP contribution in [0.4, 0.5) is 0 Å². The minimum absolute atomic E-state index is 0.159. The smallest absolute Gasteiger partial charge is 0.258 e. The molecule has 0 unspecified atom stereocenters. The third kappa shape index (κ3) is 0.763. The third-order valence-electron chi connectivity index (χ3n) is 2.97. The zero-order valence-electron chi connectivity index (χ0n) is 8.14. The number of hydrogen-bond acceptors (Lipinski definition) is 6. The van der Waals surface area contributed by atoms with Gasteiger partial charge in [-0.1, -0.05) is 24.3 Å². The van der Waals surface area contributed by atoms with Gasteiger partial charge in [0.05, 0.1) is 0 Å². The minimum atomic E-state index is -2.18. The molecular formula is C10H9N3O3. The minimum Gasteiger partial charge on any atom is -0.370 e. The molecule has 1 aliphatic carbocycles. The number of guanidine groups is 1. The fourth-order valence-corrected chi connectivity index (χ4v) is 2.21. The quantitative estimate of drug-likeness (QED) is 0.431. The molecule has 6 nitrogen and oxygen atoms in total. The summed E-state index contributed by atoms with van der Waals surface area (Å²) in [5.74, 6) is -0.789. The van der Waals surface area contributed by atoms with Crippen molar-refractivity contribution in [1.29, 1.82) is 0 Å². The molecule has 1 aromatic rings. The summed E-state index contributed by atoms with van der Waals surface area (Å²) in [5.41, 5.74) is 1.68. The second-order valence-corrected chi connectivity index (χ2v) is 3.88. The van der Waals surface area contributed by atoms with Crippen LogP contribution in [0.15, 0.2) is 29.3 Å². The number of fused-ring (bicyclic) bond motifs is 3. The number of rotatable bonds is 0. The number of carbonyl (C=O) groups is 1. The van der Waals surface area contributed by atoms with Gasteiger partial charge in [0.15, 0.2) is 5.96 Å². The normalized spacial score (nSPS) is 35.4. The van der Waals surface area contributed by atoms with Crippen LogP contribution >= 0.6 is 0 Å². The van der Waals surface area contributed by atoms with E-state index in [1.54, 1.807) is 12.1 Å². The average Bonchev–Trinajstić information content (AvgIpc) is 2.57. The first kappa shape index (κ1) is 9.32. The maximum atomic E-state index is 11.9. The number of ketones is 1. The van der Waals surface area contributed by atoms with E-state index in [-0.39, 0.29) is 17.1 Å². The molecule has 0 spiro atoms. The summed E-state index contributed by atoms with van der Waals surface area (Å²) < 4.78 is 0. The van der Waals surface area contributed by atoms with Gasteiger partial charge in [0, 0.05) is 11.1 Å². The Bertz CT molecular complexity index is 542. The molecule has 2 atom stereocenters. The van der Waals surface area contributed by atoms with Crippen LogP contribution < -0.4 is 11.1 Å². The van der Waals surface area contributed by atoms with Gasteiger partial charge < -0.3 is 21.3 Å². The van der Waals surface area contributed by atoms with Gasteiger partial charge in [-0.15, -0.1) is 0 Å². The van der Waals surface area contributed by atoms with E-state index in [4.69, 9.17) is 5.73 Å². The lowest BCUT2D eigenvalue weighted by atomic mass is 10.0. The molecule has 6 heteroatoms. The topological polar surface area (TPSA) is 108 Å². The molecule has 3 rings (SSSR count). The number of carbonyl (C=O) groups excluding carboxylic acids is 1. The first-order valence-electron chi connectivity index (χ1n) is 4.71. The van der Waals surface area contributed by atoms with E-state index in [0.717, 1.165) is 0 Å². The molecule has 0 fully saturated rings. The number of aliphatic imine (C=N–C) groups is 1. The van der Waals surface area contributed by atoms with Gasteiger partial charge in [0.25, 0.3) is 5.72 Å². The highest BCUT2D eigenvalue weighted by Gasteiger charge is 2.66. The molecule has 82 valence electrons. The van der Waals surface area contributed by atoms with Crippen molar-refractivity contribution in [2.24, 2.45) is 10.7 Å². The van der Waals surface area contributed by atoms with Crippen molar-refractivity contribution < 1.29 is 15.0 Å². The van der Waals surface area contributed by atoms with Gasteiger partial charge in [0.1, 0.15) is 0 Å². The highest BCUT2D eigenvalue weighted by atomic mass is 16.4. The van der Waals surface area contributed by atoms with Crippen LogP contribution in [0.2, 0.25) is 0 Å². The van der Waals surface area contributed by atoms with Crippen LogP contribution in [0.3, 0.4) is 0 Å². The van der Waals surface area contributed by atoms with E-state index >= 15 is 0 Å². The predicted molar refractivity (Wildman–Crippen MR) is 54.4 cm³/mol. The maximum absolute atomic E-state index is 11.9. The molecule has 0 amide bonds. The summed E-state index contributed by atoms with van der Waals surface area (Å²) in [6, 6.07) is 6.37. The molecule has 5 N–H and O–H groups in total. The second-order valence-electron chi connectivity index (χ2n) is 3.88. The number of Topliss-reactive ketones (excluding diaryl/α,β-unsaturated/α-hetero) is 1. The van der Waals surface area contributed by atoms with Crippen molar-refractivity contribution in [3.8, 4) is 0 Å². The SMILES string of the molecule is NC1=N[C@]2(O)c3ccccc3C(=O)[C@]2(O)N1. The predicted octanol–water partition coefficient (Wildman–Crippen LogP) is -1.37. The van der Waals surface area contributed by atoms with E-state index in [9.17, 15) is 15.0 Å². The fourth-order valence-electron chi connectivity index (χ4n) is 2.21. The van der Waals surface area contributed by atoms with Crippen LogP contribution in [-0.2, 0) is 5.72 Å². The molecule has 2 aliphatic rings. The van der Waals surface area contributed by atoms with Crippen LogP contribution in [0.5, 0.6) is 0 Å². The molecule has 1 aromatic carbocycles. The first-order chi connectivity index (χ1) is 7.49. The van der Waals surface area contributed by atoms with E-state index in [1.807, 2.05) is 0 Å². The zero-order chi connectivity index (χ0) is 11.6. The van der Waals surface area contributed by atoms with Crippen molar-refractivity contribution in [1.82, 2.24) is 5.32 Å². The van der Waals surface area contributed by atoms with Crippen molar-refractivity contribution in [2.75, 3.05) is 0 Å². The van der Waals surface area contributed by atoms with Crippen LogP contribution in [0.25, 0.3) is 0 Å². The summed E-state index contributed by atoms with van der Waals surface area (Å²) in [6.07, 6.45) is 0. The second kappa shape index (κ2) is 2.42. The van der Waals surface area contributed by atoms with Gasteiger partial charge in [-0.2, -0.15) is 0 Å². The summed E-state index contributed by atoms with van der Waals surface area (Å²) in [7, 11) is 0. The summed E-state index contributed by atoms with van der Waals surface area (Å²) in [4.78, 5) is 15.7. The van der Waals surface area contributed by atoms with Gasteiger partial charge in [-0.25, -0.2) is 4.99 Å². The van der Waals surface area contributed by atoms with Crippen molar-refractivity contribution >= 4 is 11.7 Å². The number of nitrogens with one attached hydrogen (secondary N) is 1. The van der Waals surface area contributed by atoms with Gasteiger partial charge in [-0.3, -0.25) is 4.79 Å². The van der Waals surface area contributed by atoms with E-state index in [2.05, 4.69) is 10.3 Å². The molecule has 0 bridgehead atoms. The van der Waals surface area contributed by atoms with Crippen molar-refractivity contribution in [3.05, 3.63) is 35.4 Å². The van der Waals surface area contributed by atoms with E-state index < -0.39 is 17.2 Å². The van der Waals surface area contributed by atoms with Gasteiger partial charge >= 0.3 is 0 Å². The number of nitrogens with two attached hydrogens (primary N) is 1. The van der Waals surface area contributed by atoms with Gasteiger partial charge in [0.2, 0.25) is 11.5 Å². The standard InChI is InChI=1S/C10H9N3O3/c11-8-12-9(15)6-4-2-1-3-5(6)7(14)10(9,16)13-8/h1-4,15-16H,(H3,11,12,13)/t9-,10+/m0/s1. The van der Waals surface area contributed by atoms with Crippen molar-refractivity contribution in [2.45, 2.75) is 11.4 Å². The monoisotopic (exact) mass is 219 g/mol. The van der Waals surface area contributed by atoms with Crippen molar-refractivity contribution in [3.63, 3.8) is 0 Å². The Morgan fingerprint density at radius 1 is 1.31 bits per heavy atom. The van der Waals surface area contributed by atoms with Crippen LogP contribution in [0, 0.1) is 0 Å². The molecule has 0 saturated carbocycles. The maximum Gasteiger partial charge on any atom is 0.258 e. The number of aliphatic hydroxyl groups is 2. The molecule has 1 aliphatic heterocycles. The Labute approximate surface area is 90.4 Å². The number of hydrogen-bond donors (Lipinski definition) is 4. The lowest BCUT2D eigenvalue weighted by molar-refractivity contribution is -0.114. The number of benzene rings is 1. The zero-order valence-corrected chi connectivity index (χ0v) is 8.14. The largest absolute Gasteiger partial charge is 0.370 e. The molecule has 0 aromatic heterocycles. The number of nitrogens with zero attached hydrogens (tertiary/aromatic N) is 1. The Morgan fingerprint density at radius 2 is 2.00 bits per heavy atom. The summed E-state index contributed by atoms with van der Waals surface area (Å²) in [5, 5.41) is 22.7. The third-order valence-corrected chi connectivity index (χ3v) is 2.97. The van der Waals surface area contributed by atoms with Crippen LogP contribution in [-0.4, -0.2) is 27.7 Å². The molecule has 0 saturated heterocycles. The summed E-state index contributed by atoms with van der Waals surface area (Å²) in [6.45, 7) is 0. The first-order valence-corrected chi connectivity index (χ1v) is 4.71. The molecular weight excluding hydrogens is 210 g/mol. The van der Waals surface area contributed by atoms with Gasteiger partial charge in [-0.05, 0) is 0 Å². The highest BCUT2D eigenvalue weighted by molar-refractivity contribution is 6.11. The Balaban J connectivity index is 2.34.